The number of benzene rings is 1. The number of hydrogen-bond donors (Lipinski definition) is 2. The van der Waals surface area contributed by atoms with Crippen molar-refractivity contribution in [1.82, 2.24) is 5.32 Å². The Morgan fingerprint density at radius 2 is 2.10 bits per heavy atom. The Labute approximate surface area is 123 Å². The fourth-order valence-corrected chi connectivity index (χ4v) is 1.75. The SMILES string of the molecule is O=C(O)CCCNC(=O)Cc1cc(F)c(Cl)cc1[N+](=O)[O-]. The average Bonchev–Trinajstić information content (AvgIpc) is 2.38. The van der Waals surface area contributed by atoms with Crippen LogP contribution in [0.25, 0.3) is 0 Å². The molecule has 0 heterocycles. The zero-order valence-corrected chi connectivity index (χ0v) is 11.5. The second-order valence-electron chi connectivity index (χ2n) is 4.18. The van der Waals surface area contributed by atoms with Crippen molar-refractivity contribution in [2.24, 2.45) is 0 Å². The summed E-state index contributed by atoms with van der Waals surface area (Å²) in [4.78, 5) is 32.0. The highest BCUT2D eigenvalue weighted by atomic mass is 35.5. The minimum absolute atomic E-state index is 0.0994. The molecule has 21 heavy (non-hydrogen) atoms. The third kappa shape index (κ3) is 5.35. The van der Waals surface area contributed by atoms with Crippen molar-refractivity contribution in [1.29, 1.82) is 0 Å². The van der Waals surface area contributed by atoms with Gasteiger partial charge in [0, 0.05) is 24.6 Å². The van der Waals surface area contributed by atoms with E-state index in [0.717, 1.165) is 12.1 Å². The average molecular weight is 319 g/mol. The number of carboxylic acid groups (broad SMARTS) is 1. The van der Waals surface area contributed by atoms with Crippen molar-refractivity contribution in [3.63, 3.8) is 0 Å². The number of nitro groups is 1. The lowest BCUT2D eigenvalue weighted by Crippen LogP contribution is -2.26. The Morgan fingerprint density at radius 1 is 1.43 bits per heavy atom. The van der Waals surface area contributed by atoms with E-state index in [9.17, 15) is 24.1 Å². The maximum absolute atomic E-state index is 13.3. The van der Waals surface area contributed by atoms with E-state index in [-0.39, 0.29) is 24.9 Å². The predicted molar refractivity (Wildman–Crippen MR) is 71.6 cm³/mol. The van der Waals surface area contributed by atoms with Gasteiger partial charge in [-0.15, -0.1) is 0 Å². The van der Waals surface area contributed by atoms with Crippen LogP contribution in [0.3, 0.4) is 0 Å². The number of nitrogens with zero attached hydrogens (tertiary/aromatic N) is 1. The molecule has 1 aromatic carbocycles. The van der Waals surface area contributed by atoms with Gasteiger partial charge in [0.25, 0.3) is 5.69 Å². The van der Waals surface area contributed by atoms with E-state index >= 15 is 0 Å². The maximum Gasteiger partial charge on any atom is 0.303 e. The first-order valence-electron chi connectivity index (χ1n) is 5.92. The third-order valence-electron chi connectivity index (χ3n) is 2.56. The molecule has 1 rings (SSSR count). The summed E-state index contributed by atoms with van der Waals surface area (Å²) in [5.74, 6) is -2.40. The molecule has 0 spiro atoms. The molecule has 2 N–H and O–H groups in total. The fourth-order valence-electron chi connectivity index (χ4n) is 1.59. The van der Waals surface area contributed by atoms with E-state index < -0.39 is 39.7 Å². The molecule has 0 radical (unpaired) electrons. The number of carboxylic acids is 1. The minimum atomic E-state index is -0.986. The van der Waals surface area contributed by atoms with E-state index in [4.69, 9.17) is 16.7 Å². The van der Waals surface area contributed by atoms with Crippen LogP contribution in [0.5, 0.6) is 0 Å². The summed E-state index contributed by atoms with van der Waals surface area (Å²) < 4.78 is 13.3. The molecule has 0 saturated heterocycles. The molecule has 114 valence electrons. The predicted octanol–water partition coefficient (Wildman–Crippen LogP) is 1.91. The lowest BCUT2D eigenvalue weighted by molar-refractivity contribution is -0.385. The lowest BCUT2D eigenvalue weighted by atomic mass is 10.1. The summed E-state index contributed by atoms with van der Waals surface area (Å²) in [6.45, 7) is 0.120. The Kier molecular flexibility index (Phi) is 6.04. The van der Waals surface area contributed by atoms with Crippen LogP contribution in [-0.2, 0) is 16.0 Å². The number of halogens is 2. The van der Waals surface area contributed by atoms with Crippen LogP contribution < -0.4 is 5.32 Å². The molecule has 1 aromatic rings. The van der Waals surface area contributed by atoms with Crippen LogP contribution in [0.2, 0.25) is 5.02 Å². The first-order valence-corrected chi connectivity index (χ1v) is 6.30. The molecule has 1 amide bonds. The Bertz CT molecular complexity index is 579. The third-order valence-corrected chi connectivity index (χ3v) is 2.85. The molecule has 0 atom stereocenters. The molecule has 0 aromatic heterocycles. The van der Waals surface area contributed by atoms with Crippen molar-refractivity contribution in [3.8, 4) is 0 Å². The Morgan fingerprint density at radius 3 is 2.67 bits per heavy atom. The quantitative estimate of drug-likeness (QED) is 0.453. The second kappa shape index (κ2) is 7.53. The zero-order valence-electron chi connectivity index (χ0n) is 10.8. The molecule has 0 aliphatic heterocycles. The summed E-state index contributed by atoms with van der Waals surface area (Å²) in [5.41, 5.74) is -0.542. The molecule has 9 heteroatoms. The fraction of sp³-hybridized carbons (Fsp3) is 0.333. The molecule has 0 unspecified atom stereocenters. The van der Waals surface area contributed by atoms with Crippen LogP contribution in [0.4, 0.5) is 10.1 Å². The van der Waals surface area contributed by atoms with Crippen LogP contribution in [0.1, 0.15) is 18.4 Å². The van der Waals surface area contributed by atoms with Crippen LogP contribution in [0, 0.1) is 15.9 Å². The van der Waals surface area contributed by atoms with E-state index in [1.807, 2.05) is 0 Å². The zero-order chi connectivity index (χ0) is 16.0. The monoisotopic (exact) mass is 318 g/mol. The number of nitrogens with one attached hydrogen (secondary N) is 1. The first kappa shape index (κ1) is 16.8. The number of rotatable bonds is 7. The van der Waals surface area contributed by atoms with Crippen molar-refractivity contribution in [2.75, 3.05) is 6.54 Å². The number of carbonyl (C=O) groups is 2. The van der Waals surface area contributed by atoms with Crippen molar-refractivity contribution < 1.29 is 24.0 Å². The van der Waals surface area contributed by atoms with E-state index in [1.54, 1.807) is 0 Å². The van der Waals surface area contributed by atoms with Gasteiger partial charge in [0.1, 0.15) is 5.82 Å². The van der Waals surface area contributed by atoms with Gasteiger partial charge in [-0.2, -0.15) is 0 Å². The number of hydrogen-bond acceptors (Lipinski definition) is 4. The van der Waals surface area contributed by atoms with Crippen LogP contribution in [-0.4, -0.2) is 28.5 Å². The van der Waals surface area contributed by atoms with Crippen LogP contribution in [0.15, 0.2) is 12.1 Å². The van der Waals surface area contributed by atoms with E-state index in [2.05, 4.69) is 5.32 Å². The molecule has 0 aliphatic carbocycles. The van der Waals surface area contributed by atoms with Crippen molar-refractivity contribution in [2.45, 2.75) is 19.3 Å². The lowest BCUT2D eigenvalue weighted by Gasteiger charge is -2.06. The van der Waals surface area contributed by atoms with E-state index in [1.165, 1.54) is 0 Å². The van der Waals surface area contributed by atoms with Crippen LogP contribution >= 0.6 is 11.6 Å². The summed E-state index contributed by atoms with van der Waals surface area (Å²) >= 11 is 5.46. The summed E-state index contributed by atoms with van der Waals surface area (Å²) in [7, 11) is 0. The Hall–Kier alpha value is -2.22. The van der Waals surface area contributed by atoms with Gasteiger partial charge in [-0.1, -0.05) is 11.6 Å². The highest BCUT2D eigenvalue weighted by Gasteiger charge is 2.19. The highest BCUT2D eigenvalue weighted by molar-refractivity contribution is 6.31. The second-order valence-corrected chi connectivity index (χ2v) is 4.58. The molecule has 0 fully saturated rings. The summed E-state index contributed by atoms with van der Waals surface area (Å²) in [6.07, 6.45) is -0.258. The smallest absolute Gasteiger partial charge is 0.303 e. The first-order chi connectivity index (χ1) is 9.81. The number of amides is 1. The van der Waals surface area contributed by atoms with Crippen molar-refractivity contribution in [3.05, 3.63) is 38.7 Å². The summed E-state index contributed by atoms with van der Waals surface area (Å²) in [5, 5.41) is 21.3. The Balaban J connectivity index is 2.69. The van der Waals surface area contributed by atoms with Gasteiger partial charge < -0.3 is 10.4 Å². The van der Waals surface area contributed by atoms with Gasteiger partial charge in [-0.25, -0.2) is 4.39 Å². The topological polar surface area (TPSA) is 110 Å². The van der Waals surface area contributed by atoms with Gasteiger partial charge in [0.2, 0.25) is 5.91 Å². The molecular formula is C12H12ClFN2O5. The summed E-state index contributed by atoms with van der Waals surface area (Å²) in [6, 6.07) is 1.70. The van der Waals surface area contributed by atoms with Crippen molar-refractivity contribution >= 4 is 29.2 Å². The number of carbonyl (C=O) groups excluding carboxylic acids is 1. The molecule has 0 saturated carbocycles. The minimum Gasteiger partial charge on any atom is -0.481 e. The molecule has 7 nitrogen and oxygen atoms in total. The standard InChI is InChI=1S/C12H12ClFN2O5/c13-8-6-10(16(20)21)7(4-9(8)14)5-11(17)15-3-1-2-12(18)19/h4,6H,1-3,5H2,(H,15,17)(H,18,19). The van der Waals surface area contributed by atoms with Gasteiger partial charge >= 0.3 is 5.97 Å². The van der Waals surface area contributed by atoms with Gasteiger partial charge in [0.15, 0.2) is 0 Å². The highest BCUT2D eigenvalue weighted by Crippen LogP contribution is 2.26. The molecular weight excluding hydrogens is 307 g/mol. The largest absolute Gasteiger partial charge is 0.481 e. The number of nitro benzene ring substituents is 1. The molecule has 0 bridgehead atoms. The van der Waals surface area contributed by atoms with Gasteiger partial charge in [-0.05, 0) is 12.5 Å². The number of aliphatic carboxylic acids is 1. The van der Waals surface area contributed by atoms with E-state index in [0.29, 0.717) is 0 Å². The maximum atomic E-state index is 13.3. The van der Waals surface area contributed by atoms with Gasteiger partial charge in [0.05, 0.1) is 16.4 Å². The normalized spacial score (nSPS) is 10.2. The molecule has 0 aliphatic rings. The van der Waals surface area contributed by atoms with Gasteiger partial charge in [-0.3, -0.25) is 19.7 Å².